The predicted molar refractivity (Wildman–Crippen MR) is 103 cm³/mol. The molecule has 0 aliphatic carbocycles. The van der Waals surface area contributed by atoms with Crippen molar-refractivity contribution in [1.82, 2.24) is 10.6 Å². The second-order valence-corrected chi connectivity index (χ2v) is 7.05. The van der Waals surface area contributed by atoms with Gasteiger partial charge in [-0.25, -0.2) is 0 Å². The van der Waals surface area contributed by atoms with Gasteiger partial charge in [0.05, 0.1) is 17.8 Å². The fraction of sp³-hybridized carbons (Fsp3) is 0.300. The zero-order valence-electron chi connectivity index (χ0n) is 15.9. The zero-order chi connectivity index (χ0) is 20.7. The number of ether oxygens (including phenoxy) is 1. The van der Waals surface area contributed by atoms with E-state index in [4.69, 9.17) is 0 Å². The van der Waals surface area contributed by atoms with Gasteiger partial charge in [0.1, 0.15) is 5.75 Å². The summed E-state index contributed by atoms with van der Waals surface area (Å²) in [7, 11) is 0. The molecule has 0 heterocycles. The van der Waals surface area contributed by atoms with Crippen LogP contribution in [0, 0.1) is 0 Å². The van der Waals surface area contributed by atoms with Crippen LogP contribution in [0.15, 0.2) is 48.5 Å². The minimum absolute atomic E-state index is 0.0384. The molecule has 0 aliphatic heterocycles. The minimum Gasteiger partial charge on any atom is -0.435 e. The maximum Gasteiger partial charge on any atom is 0.387 e. The lowest BCUT2D eigenvalue weighted by molar-refractivity contribution is -0.121. The van der Waals surface area contributed by atoms with E-state index in [1.165, 1.54) is 12.1 Å². The topological polar surface area (TPSA) is 79.5 Å². The van der Waals surface area contributed by atoms with Gasteiger partial charge in [-0.15, -0.1) is 0 Å². The molecule has 0 saturated heterocycles. The number of rotatable bonds is 7. The summed E-state index contributed by atoms with van der Waals surface area (Å²) in [6.07, 6.45) is 0. The van der Waals surface area contributed by atoms with Gasteiger partial charge in [-0.2, -0.15) is 8.78 Å². The van der Waals surface area contributed by atoms with Crippen molar-refractivity contribution in [3.63, 3.8) is 0 Å². The number of carbonyl (C=O) groups excluding carboxylic acids is 2. The third kappa shape index (κ3) is 6.86. The van der Waals surface area contributed by atoms with Crippen molar-refractivity contribution in [2.75, 3.05) is 11.9 Å². The Morgan fingerprint density at radius 1 is 1.04 bits per heavy atom. The molecular weight excluding hydrogens is 368 g/mol. The Kier molecular flexibility index (Phi) is 6.92. The molecule has 0 saturated carbocycles. The maximum atomic E-state index is 12.5. The van der Waals surface area contributed by atoms with Crippen LogP contribution in [0.25, 0.3) is 0 Å². The zero-order valence-corrected chi connectivity index (χ0v) is 15.9. The van der Waals surface area contributed by atoms with E-state index in [2.05, 4.69) is 20.7 Å². The largest absolute Gasteiger partial charge is 0.435 e. The van der Waals surface area contributed by atoms with Gasteiger partial charge >= 0.3 is 6.61 Å². The highest BCUT2D eigenvalue weighted by molar-refractivity contribution is 6.01. The fourth-order valence-electron chi connectivity index (χ4n) is 2.38. The molecule has 6 nitrogen and oxygen atoms in total. The van der Waals surface area contributed by atoms with E-state index in [0.717, 1.165) is 0 Å². The summed E-state index contributed by atoms with van der Waals surface area (Å²) in [4.78, 5) is 24.3. The average Bonchev–Trinajstić information content (AvgIpc) is 2.60. The van der Waals surface area contributed by atoms with Crippen molar-refractivity contribution < 1.29 is 23.1 Å². The van der Waals surface area contributed by atoms with Gasteiger partial charge in [-0.05, 0) is 57.2 Å². The molecule has 0 bridgehead atoms. The number of nitrogens with one attached hydrogen (secondary N) is 3. The molecule has 8 heteroatoms. The molecule has 0 atom stereocenters. The minimum atomic E-state index is -2.89. The molecule has 0 fully saturated rings. The quantitative estimate of drug-likeness (QED) is 0.673. The molecule has 2 rings (SSSR count). The van der Waals surface area contributed by atoms with Gasteiger partial charge in [0, 0.05) is 11.2 Å². The predicted octanol–water partition coefficient (Wildman–Crippen LogP) is 3.68. The second-order valence-electron chi connectivity index (χ2n) is 7.05. The molecule has 2 aromatic rings. The Morgan fingerprint density at radius 3 is 2.29 bits per heavy atom. The van der Waals surface area contributed by atoms with Crippen LogP contribution in [0.4, 0.5) is 20.2 Å². The first-order valence-corrected chi connectivity index (χ1v) is 8.64. The SMILES string of the molecule is CC(C)(C)NC(=O)CNC(=O)c1ccccc1Nc1ccc(OC(F)F)cc1. The molecular formula is C20H23F2N3O3. The third-order valence-electron chi connectivity index (χ3n) is 3.45. The van der Waals surface area contributed by atoms with Crippen molar-refractivity contribution in [1.29, 1.82) is 0 Å². The molecule has 2 amide bonds. The van der Waals surface area contributed by atoms with E-state index < -0.39 is 12.5 Å². The highest BCUT2D eigenvalue weighted by Gasteiger charge is 2.16. The van der Waals surface area contributed by atoms with E-state index in [1.54, 1.807) is 36.4 Å². The summed E-state index contributed by atoms with van der Waals surface area (Å²) in [5.74, 6) is -0.665. The maximum absolute atomic E-state index is 12.5. The molecule has 0 radical (unpaired) electrons. The molecule has 0 aliphatic rings. The van der Waals surface area contributed by atoms with Crippen LogP contribution in [0.1, 0.15) is 31.1 Å². The standard InChI is InChI=1S/C20H23F2N3O3/c1-20(2,3)25-17(26)12-23-18(27)15-6-4-5-7-16(15)24-13-8-10-14(11-9-13)28-19(21)22/h4-11,19,24H,12H2,1-3H3,(H,23,27)(H,25,26). The number of benzene rings is 2. The summed E-state index contributed by atoms with van der Waals surface area (Å²) >= 11 is 0. The molecule has 3 N–H and O–H groups in total. The number of halogens is 2. The Hall–Kier alpha value is -3.16. The lowest BCUT2D eigenvalue weighted by atomic mass is 10.1. The lowest BCUT2D eigenvalue weighted by Gasteiger charge is -2.20. The van der Waals surface area contributed by atoms with Crippen LogP contribution < -0.4 is 20.7 Å². The van der Waals surface area contributed by atoms with Gasteiger partial charge in [0.15, 0.2) is 0 Å². The molecule has 0 spiro atoms. The van der Waals surface area contributed by atoms with Gasteiger partial charge < -0.3 is 20.7 Å². The summed E-state index contributed by atoms with van der Waals surface area (Å²) in [6.45, 7) is 2.51. The van der Waals surface area contributed by atoms with Gasteiger partial charge in [-0.1, -0.05) is 12.1 Å². The number of carbonyl (C=O) groups is 2. The monoisotopic (exact) mass is 391 g/mol. The first kappa shape index (κ1) is 21.1. The van der Waals surface area contributed by atoms with Crippen molar-refractivity contribution in [3.8, 4) is 5.75 Å². The number of hydrogen-bond acceptors (Lipinski definition) is 4. The smallest absolute Gasteiger partial charge is 0.387 e. The van der Waals surface area contributed by atoms with Crippen LogP contribution in [-0.2, 0) is 4.79 Å². The Bertz CT molecular complexity index is 818. The summed E-state index contributed by atoms with van der Waals surface area (Å²) in [5, 5.41) is 8.40. The van der Waals surface area contributed by atoms with E-state index in [-0.39, 0.29) is 23.7 Å². The average molecular weight is 391 g/mol. The van der Waals surface area contributed by atoms with Crippen molar-refractivity contribution in [3.05, 3.63) is 54.1 Å². The van der Waals surface area contributed by atoms with E-state index in [0.29, 0.717) is 16.9 Å². The summed E-state index contributed by atoms with van der Waals surface area (Å²) < 4.78 is 28.7. The van der Waals surface area contributed by atoms with E-state index in [1.807, 2.05) is 20.8 Å². The van der Waals surface area contributed by atoms with Crippen LogP contribution in [0.3, 0.4) is 0 Å². The van der Waals surface area contributed by atoms with Crippen molar-refractivity contribution >= 4 is 23.2 Å². The lowest BCUT2D eigenvalue weighted by Crippen LogP contribution is -2.45. The van der Waals surface area contributed by atoms with Crippen LogP contribution in [-0.4, -0.2) is 30.5 Å². The highest BCUT2D eigenvalue weighted by Crippen LogP contribution is 2.23. The summed E-state index contributed by atoms with van der Waals surface area (Å²) in [6, 6.07) is 12.7. The van der Waals surface area contributed by atoms with E-state index in [9.17, 15) is 18.4 Å². The Balaban J connectivity index is 2.04. The number of anilines is 2. The Morgan fingerprint density at radius 2 is 1.68 bits per heavy atom. The summed E-state index contributed by atoms with van der Waals surface area (Å²) in [5.41, 5.74) is 1.06. The highest BCUT2D eigenvalue weighted by atomic mass is 19.3. The number of hydrogen-bond donors (Lipinski definition) is 3. The van der Waals surface area contributed by atoms with E-state index >= 15 is 0 Å². The van der Waals surface area contributed by atoms with Crippen molar-refractivity contribution in [2.45, 2.75) is 32.9 Å². The molecule has 2 aromatic carbocycles. The number of alkyl halides is 2. The van der Waals surface area contributed by atoms with Crippen LogP contribution in [0.2, 0.25) is 0 Å². The first-order chi connectivity index (χ1) is 13.1. The number of para-hydroxylation sites is 1. The van der Waals surface area contributed by atoms with Gasteiger partial charge in [0.25, 0.3) is 5.91 Å². The number of amides is 2. The molecule has 0 aromatic heterocycles. The van der Waals surface area contributed by atoms with Gasteiger partial charge in [-0.3, -0.25) is 9.59 Å². The first-order valence-electron chi connectivity index (χ1n) is 8.64. The molecule has 150 valence electrons. The van der Waals surface area contributed by atoms with Crippen molar-refractivity contribution in [2.24, 2.45) is 0 Å². The fourth-order valence-corrected chi connectivity index (χ4v) is 2.38. The normalized spacial score (nSPS) is 11.1. The van der Waals surface area contributed by atoms with Crippen LogP contribution >= 0.6 is 0 Å². The third-order valence-corrected chi connectivity index (χ3v) is 3.45. The second kappa shape index (κ2) is 9.16. The Labute approximate surface area is 162 Å². The van der Waals surface area contributed by atoms with Gasteiger partial charge in [0.2, 0.25) is 5.91 Å². The molecule has 28 heavy (non-hydrogen) atoms. The molecule has 0 unspecified atom stereocenters. The van der Waals surface area contributed by atoms with Crippen LogP contribution in [0.5, 0.6) is 5.75 Å².